The van der Waals surface area contributed by atoms with Gasteiger partial charge in [0.15, 0.2) is 0 Å². The molecule has 0 aromatic rings. The van der Waals surface area contributed by atoms with E-state index in [0.717, 1.165) is 25.8 Å². The van der Waals surface area contributed by atoms with Crippen LogP contribution in [0.4, 0.5) is 0 Å². The topological polar surface area (TPSA) is 29.5 Å². The second-order valence-electron chi connectivity index (χ2n) is 7.57. The Labute approximate surface area is 140 Å². The molecular weight excluding hydrogens is 293 g/mol. The van der Waals surface area contributed by atoms with E-state index in [1.54, 1.807) is 0 Å². The Morgan fingerprint density at radius 2 is 1.59 bits per heavy atom. The minimum Gasteiger partial charge on any atom is -0.316 e. The monoisotopic (exact) mass is 333 g/mol. The predicted octanol–water partition coefficient (Wildman–Crippen LogP) is 6.05. The first-order valence-electron chi connectivity index (χ1n) is 7.34. The van der Waals surface area contributed by atoms with Crippen molar-refractivity contribution < 1.29 is 9.09 Å². The van der Waals surface area contributed by atoms with Crippen LogP contribution in [0.15, 0.2) is 0 Å². The standard InChI is InChI=1S/C16H32NO2P.2CH4/c1-9-10-11-12-13-17(8)20(18,16(5,6)7)19-14-15(2,3)4;;/h1H,10-14H2,2-8H3;2*1H4. The van der Waals surface area contributed by atoms with Gasteiger partial charge in [0.2, 0.25) is 0 Å². The Bertz CT molecular complexity index is 372. The van der Waals surface area contributed by atoms with Crippen LogP contribution >= 0.6 is 7.52 Å². The van der Waals surface area contributed by atoms with Crippen molar-refractivity contribution in [2.24, 2.45) is 5.41 Å². The number of rotatable bonds is 7. The highest BCUT2D eigenvalue weighted by atomic mass is 31.2. The van der Waals surface area contributed by atoms with Gasteiger partial charge in [-0.25, -0.2) is 4.67 Å². The van der Waals surface area contributed by atoms with Crippen LogP contribution in [-0.4, -0.2) is 30.0 Å². The average molecular weight is 333 g/mol. The number of unbranched alkanes of at least 4 members (excludes halogenated alkanes) is 2. The fourth-order valence-electron chi connectivity index (χ4n) is 1.78. The van der Waals surface area contributed by atoms with Crippen LogP contribution in [0.2, 0.25) is 0 Å². The van der Waals surface area contributed by atoms with Crippen LogP contribution in [0, 0.1) is 17.8 Å². The average Bonchev–Trinajstić information content (AvgIpc) is 2.28. The highest BCUT2D eigenvalue weighted by Gasteiger charge is 2.42. The molecule has 1 unspecified atom stereocenters. The maximum absolute atomic E-state index is 13.3. The van der Waals surface area contributed by atoms with Gasteiger partial charge in [0, 0.05) is 13.0 Å². The fourth-order valence-corrected chi connectivity index (χ4v) is 4.36. The first kappa shape index (κ1) is 26.6. The number of terminal acetylenes is 1. The number of nitrogens with zero attached hydrogens (tertiary/aromatic N) is 1. The lowest BCUT2D eigenvalue weighted by Gasteiger charge is -2.38. The lowest BCUT2D eigenvalue weighted by atomic mass is 9.99. The molecule has 0 radical (unpaired) electrons. The lowest BCUT2D eigenvalue weighted by Crippen LogP contribution is -2.31. The molecule has 0 aliphatic carbocycles. The normalized spacial score (nSPS) is 14.5. The van der Waals surface area contributed by atoms with Crippen molar-refractivity contribution in [2.45, 2.75) is 80.8 Å². The smallest absolute Gasteiger partial charge is 0.277 e. The summed E-state index contributed by atoms with van der Waals surface area (Å²) in [6, 6.07) is 0. The number of hydrogen-bond acceptors (Lipinski definition) is 2. The maximum atomic E-state index is 13.3. The summed E-state index contributed by atoms with van der Waals surface area (Å²) in [5, 5.41) is -0.390. The van der Waals surface area contributed by atoms with Crippen LogP contribution in [0.25, 0.3) is 0 Å². The van der Waals surface area contributed by atoms with Gasteiger partial charge in [-0.15, -0.1) is 12.3 Å². The molecule has 0 aliphatic rings. The van der Waals surface area contributed by atoms with E-state index in [9.17, 15) is 4.57 Å². The van der Waals surface area contributed by atoms with E-state index in [1.165, 1.54) is 0 Å². The lowest BCUT2D eigenvalue weighted by molar-refractivity contribution is 0.173. The molecule has 0 aromatic heterocycles. The van der Waals surface area contributed by atoms with Gasteiger partial charge in [0.05, 0.1) is 11.8 Å². The molecule has 0 spiro atoms. The molecule has 0 aliphatic heterocycles. The van der Waals surface area contributed by atoms with E-state index in [-0.39, 0.29) is 25.4 Å². The van der Waals surface area contributed by atoms with Crippen molar-refractivity contribution in [3.8, 4) is 12.3 Å². The fraction of sp³-hybridized carbons (Fsp3) is 0.889. The quantitative estimate of drug-likeness (QED) is 0.323. The van der Waals surface area contributed by atoms with Gasteiger partial charge >= 0.3 is 0 Å². The van der Waals surface area contributed by atoms with Gasteiger partial charge in [-0.1, -0.05) is 35.6 Å². The van der Waals surface area contributed by atoms with E-state index in [2.05, 4.69) is 26.7 Å². The van der Waals surface area contributed by atoms with E-state index in [4.69, 9.17) is 10.9 Å². The molecular formula is C18H40NO2P. The van der Waals surface area contributed by atoms with Crippen LogP contribution in [0.3, 0.4) is 0 Å². The van der Waals surface area contributed by atoms with Crippen molar-refractivity contribution in [1.82, 2.24) is 4.67 Å². The van der Waals surface area contributed by atoms with Gasteiger partial charge in [-0.2, -0.15) is 0 Å². The maximum Gasteiger partial charge on any atom is 0.277 e. The first-order chi connectivity index (χ1) is 8.94. The second kappa shape index (κ2) is 10.5. The molecule has 3 nitrogen and oxygen atoms in total. The second-order valence-corrected chi connectivity index (χ2v) is 10.9. The third kappa shape index (κ3) is 8.99. The SMILES string of the molecule is C.C.C#CCCCCN(C)P(=O)(OCC(C)(C)C)C(C)(C)C. The van der Waals surface area contributed by atoms with Crippen molar-refractivity contribution in [3.05, 3.63) is 0 Å². The highest BCUT2D eigenvalue weighted by Crippen LogP contribution is 2.61. The van der Waals surface area contributed by atoms with Crippen molar-refractivity contribution in [1.29, 1.82) is 0 Å². The van der Waals surface area contributed by atoms with Gasteiger partial charge in [0.1, 0.15) is 0 Å². The summed E-state index contributed by atoms with van der Waals surface area (Å²) in [6.07, 6.45) is 7.93. The Kier molecular flexibility index (Phi) is 12.7. The third-order valence-electron chi connectivity index (χ3n) is 3.02. The Hall–Kier alpha value is -0.290. The molecule has 4 heteroatoms. The summed E-state index contributed by atoms with van der Waals surface area (Å²) in [4.78, 5) is 0. The van der Waals surface area contributed by atoms with Gasteiger partial charge in [-0.05, 0) is 46.1 Å². The van der Waals surface area contributed by atoms with Crippen LogP contribution in [0.1, 0.15) is 75.7 Å². The molecule has 0 rings (SSSR count). The summed E-state index contributed by atoms with van der Waals surface area (Å²) < 4.78 is 21.1. The molecule has 0 amide bonds. The van der Waals surface area contributed by atoms with E-state index >= 15 is 0 Å². The Balaban J connectivity index is -0.00000180. The molecule has 1 atom stereocenters. The molecule has 0 aromatic carbocycles. The van der Waals surface area contributed by atoms with Crippen LogP contribution < -0.4 is 0 Å². The van der Waals surface area contributed by atoms with Crippen molar-refractivity contribution in [2.75, 3.05) is 20.2 Å². The van der Waals surface area contributed by atoms with Crippen molar-refractivity contribution in [3.63, 3.8) is 0 Å². The molecule has 134 valence electrons. The zero-order valence-corrected chi connectivity index (χ0v) is 15.2. The number of hydrogen-bond donors (Lipinski definition) is 0. The molecule has 22 heavy (non-hydrogen) atoms. The first-order valence-corrected chi connectivity index (χ1v) is 8.91. The molecule has 0 fully saturated rings. The van der Waals surface area contributed by atoms with Crippen molar-refractivity contribution >= 4 is 7.52 Å². The van der Waals surface area contributed by atoms with Gasteiger partial charge in [-0.3, -0.25) is 4.57 Å². The zero-order chi connectivity index (χ0) is 16.0. The van der Waals surface area contributed by atoms with Crippen LogP contribution in [-0.2, 0) is 9.09 Å². The highest BCUT2D eigenvalue weighted by molar-refractivity contribution is 7.58. The molecule has 0 bridgehead atoms. The van der Waals surface area contributed by atoms with E-state index in [1.807, 2.05) is 32.5 Å². The summed E-state index contributed by atoms with van der Waals surface area (Å²) >= 11 is 0. The Morgan fingerprint density at radius 3 is 1.95 bits per heavy atom. The summed E-state index contributed by atoms with van der Waals surface area (Å²) in [6.45, 7) is 13.5. The molecule has 0 N–H and O–H groups in total. The molecule has 0 saturated carbocycles. The summed E-state index contributed by atoms with van der Waals surface area (Å²) in [7, 11) is -0.964. The zero-order valence-electron chi connectivity index (χ0n) is 14.3. The van der Waals surface area contributed by atoms with Gasteiger partial charge < -0.3 is 4.52 Å². The molecule has 0 saturated heterocycles. The van der Waals surface area contributed by atoms with E-state index < -0.39 is 7.52 Å². The summed E-state index contributed by atoms with van der Waals surface area (Å²) in [5.41, 5.74) is 0.00518. The third-order valence-corrected chi connectivity index (χ3v) is 6.30. The minimum atomic E-state index is -2.86. The molecule has 0 heterocycles. The Morgan fingerprint density at radius 1 is 1.09 bits per heavy atom. The summed E-state index contributed by atoms with van der Waals surface area (Å²) in [5.74, 6) is 2.64. The van der Waals surface area contributed by atoms with Crippen LogP contribution in [0.5, 0.6) is 0 Å². The largest absolute Gasteiger partial charge is 0.316 e. The van der Waals surface area contributed by atoms with Gasteiger partial charge in [0.25, 0.3) is 7.52 Å². The minimum absolute atomic E-state index is 0. The van der Waals surface area contributed by atoms with E-state index in [0.29, 0.717) is 6.61 Å². The predicted molar refractivity (Wildman–Crippen MR) is 102 cm³/mol.